The molecule has 0 spiro atoms. The molecule has 2 nitrogen and oxygen atoms in total. The molecule has 17 heavy (non-hydrogen) atoms. The van der Waals surface area contributed by atoms with Crippen LogP contribution in [-0.2, 0) is 11.2 Å². The van der Waals surface area contributed by atoms with Gasteiger partial charge in [0.1, 0.15) is 0 Å². The molecule has 96 valence electrons. The van der Waals surface area contributed by atoms with Gasteiger partial charge in [-0.3, -0.25) is 0 Å². The molecule has 0 amide bonds. The third-order valence-corrected chi connectivity index (χ3v) is 3.23. The van der Waals surface area contributed by atoms with Gasteiger partial charge in [-0.25, -0.2) is 0 Å². The molecule has 1 aromatic carbocycles. The van der Waals surface area contributed by atoms with Crippen molar-refractivity contribution in [2.45, 2.75) is 44.8 Å². The van der Waals surface area contributed by atoms with Gasteiger partial charge in [-0.2, -0.15) is 0 Å². The molecule has 0 heterocycles. The van der Waals surface area contributed by atoms with Gasteiger partial charge in [-0.05, 0) is 50.8 Å². The third-order valence-electron chi connectivity index (χ3n) is 2.99. The van der Waals surface area contributed by atoms with Crippen LogP contribution >= 0.6 is 11.6 Å². The molecule has 0 saturated carbocycles. The van der Waals surface area contributed by atoms with E-state index in [0.717, 1.165) is 18.4 Å². The van der Waals surface area contributed by atoms with Crippen molar-refractivity contribution in [1.82, 2.24) is 0 Å². The predicted molar refractivity (Wildman–Crippen MR) is 71.5 cm³/mol. The van der Waals surface area contributed by atoms with Crippen LogP contribution in [0.2, 0.25) is 5.02 Å². The number of hydrogen-bond acceptors (Lipinski definition) is 2. The number of hydrogen-bond donors (Lipinski definition) is 1. The van der Waals surface area contributed by atoms with Gasteiger partial charge >= 0.3 is 0 Å². The van der Waals surface area contributed by atoms with Crippen LogP contribution in [-0.4, -0.2) is 23.9 Å². The van der Waals surface area contributed by atoms with E-state index >= 15 is 0 Å². The first-order valence-corrected chi connectivity index (χ1v) is 6.28. The highest BCUT2D eigenvalue weighted by molar-refractivity contribution is 6.30. The second kappa shape index (κ2) is 6.39. The molecule has 3 heteroatoms. The zero-order valence-electron chi connectivity index (χ0n) is 10.7. The number of halogens is 1. The first-order chi connectivity index (χ1) is 7.93. The quantitative estimate of drug-likeness (QED) is 0.845. The zero-order chi connectivity index (χ0) is 12.9. The summed E-state index contributed by atoms with van der Waals surface area (Å²) in [5.41, 5.74) is 0.898. The minimum atomic E-state index is -0.345. The van der Waals surface area contributed by atoms with E-state index in [9.17, 15) is 5.11 Å². The Morgan fingerprint density at radius 1 is 1.41 bits per heavy atom. The van der Waals surface area contributed by atoms with Crippen molar-refractivity contribution >= 4 is 11.6 Å². The van der Waals surface area contributed by atoms with Crippen LogP contribution in [0.4, 0.5) is 0 Å². The van der Waals surface area contributed by atoms with Gasteiger partial charge in [0.15, 0.2) is 0 Å². The molecule has 1 atom stereocenters. The number of benzene rings is 1. The summed E-state index contributed by atoms with van der Waals surface area (Å²) in [6, 6.07) is 7.62. The van der Waals surface area contributed by atoms with E-state index in [4.69, 9.17) is 16.3 Å². The Balaban J connectivity index is 2.42. The van der Waals surface area contributed by atoms with Crippen LogP contribution in [0.25, 0.3) is 0 Å². The highest BCUT2D eigenvalue weighted by atomic mass is 35.5. The fraction of sp³-hybridized carbons (Fsp3) is 0.571. The smallest absolute Gasteiger partial charge is 0.0623 e. The summed E-state index contributed by atoms with van der Waals surface area (Å²) in [7, 11) is 1.70. The average Bonchev–Trinajstić information content (AvgIpc) is 2.27. The van der Waals surface area contributed by atoms with Gasteiger partial charge < -0.3 is 9.84 Å². The summed E-state index contributed by atoms with van der Waals surface area (Å²) in [5, 5.41) is 10.7. The van der Waals surface area contributed by atoms with Gasteiger partial charge in [0.05, 0.1) is 11.7 Å². The summed E-state index contributed by atoms with van der Waals surface area (Å²) >= 11 is 5.90. The van der Waals surface area contributed by atoms with Crippen LogP contribution < -0.4 is 0 Å². The van der Waals surface area contributed by atoms with Crippen LogP contribution in [0, 0.1) is 0 Å². The number of ether oxygens (including phenoxy) is 1. The molecule has 1 N–H and O–H groups in total. The lowest BCUT2D eigenvalue weighted by Gasteiger charge is -2.24. The van der Waals surface area contributed by atoms with Crippen LogP contribution in [0.3, 0.4) is 0 Å². The summed E-state index contributed by atoms with van der Waals surface area (Å²) in [6.07, 6.45) is 1.86. The second-order valence-electron chi connectivity index (χ2n) is 4.99. The summed E-state index contributed by atoms with van der Waals surface area (Å²) in [5.74, 6) is 0. The SMILES string of the molecule is COC(C)(C)CCC(O)Cc1cccc(Cl)c1. The van der Waals surface area contributed by atoms with E-state index in [1.807, 2.05) is 38.1 Å². The molecule has 0 aliphatic rings. The molecular formula is C14H21ClO2. The lowest BCUT2D eigenvalue weighted by Crippen LogP contribution is -2.25. The molecule has 0 aromatic heterocycles. The number of aliphatic hydroxyl groups excluding tert-OH is 1. The van der Waals surface area contributed by atoms with Crippen molar-refractivity contribution in [3.05, 3.63) is 34.9 Å². The Morgan fingerprint density at radius 3 is 2.71 bits per heavy atom. The van der Waals surface area contributed by atoms with Crippen molar-refractivity contribution < 1.29 is 9.84 Å². The van der Waals surface area contributed by atoms with Crippen molar-refractivity contribution in [2.75, 3.05) is 7.11 Å². The van der Waals surface area contributed by atoms with Crippen molar-refractivity contribution in [3.63, 3.8) is 0 Å². The van der Waals surface area contributed by atoms with Gasteiger partial charge in [0.25, 0.3) is 0 Å². The van der Waals surface area contributed by atoms with Crippen molar-refractivity contribution in [2.24, 2.45) is 0 Å². The number of rotatable bonds is 6. The average molecular weight is 257 g/mol. The van der Waals surface area contributed by atoms with Gasteiger partial charge in [0, 0.05) is 12.1 Å². The fourth-order valence-electron chi connectivity index (χ4n) is 1.65. The monoisotopic (exact) mass is 256 g/mol. The summed E-state index contributed by atoms with van der Waals surface area (Å²) in [6.45, 7) is 4.05. The predicted octanol–water partition coefficient (Wildman–Crippen LogP) is 3.45. The van der Waals surface area contributed by atoms with E-state index < -0.39 is 0 Å². The standard InChI is InChI=1S/C14H21ClO2/c1-14(2,17-3)8-7-13(16)10-11-5-4-6-12(15)9-11/h4-6,9,13,16H,7-8,10H2,1-3H3. The molecule has 0 fully saturated rings. The first kappa shape index (κ1) is 14.5. The maximum atomic E-state index is 9.95. The van der Waals surface area contributed by atoms with Gasteiger partial charge in [0.2, 0.25) is 0 Å². The summed E-state index contributed by atoms with van der Waals surface area (Å²) < 4.78 is 5.33. The van der Waals surface area contributed by atoms with Gasteiger partial charge in [-0.1, -0.05) is 23.7 Å². The highest BCUT2D eigenvalue weighted by Gasteiger charge is 2.18. The fourth-order valence-corrected chi connectivity index (χ4v) is 1.87. The molecule has 1 rings (SSSR count). The van der Waals surface area contributed by atoms with Crippen LogP contribution in [0.15, 0.2) is 24.3 Å². The van der Waals surface area contributed by atoms with Crippen LogP contribution in [0.1, 0.15) is 32.3 Å². The molecule has 0 saturated heterocycles. The number of methoxy groups -OCH3 is 1. The first-order valence-electron chi connectivity index (χ1n) is 5.90. The third kappa shape index (κ3) is 5.53. The maximum Gasteiger partial charge on any atom is 0.0623 e. The van der Waals surface area contributed by atoms with Crippen molar-refractivity contribution in [1.29, 1.82) is 0 Å². The van der Waals surface area contributed by atoms with Crippen molar-refractivity contribution in [3.8, 4) is 0 Å². The van der Waals surface area contributed by atoms with E-state index in [0.29, 0.717) is 11.4 Å². The molecule has 0 bridgehead atoms. The largest absolute Gasteiger partial charge is 0.393 e. The zero-order valence-corrected chi connectivity index (χ0v) is 11.5. The second-order valence-corrected chi connectivity index (χ2v) is 5.43. The van der Waals surface area contributed by atoms with E-state index in [-0.39, 0.29) is 11.7 Å². The maximum absolute atomic E-state index is 9.95. The molecule has 0 aliphatic heterocycles. The topological polar surface area (TPSA) is 29.5 Å². The number of aliphatic hydroxyl groups is 1. The molecule has 0 aliphatic carbocycles. The Morgan fingerprint density at radius 2 is 2.12 bits per heavy atom. The van der Waals surface area contributed by atoms with E-state index in [1.165, 1.54) is 0 Å². The lowest BCUT2D eigenvalue weighted by atomic mass is 9.97. The Hall–Kier alpha value is -0.570. The molecule has 0 radical (unpaired) electrons. The van der Waals surface area contributed by atoms with Crippen LogP contribution in [0.5, 0.6) is 0 Å². The van der Waals surface area contributed by atoms with Gasteiger partial charge in [-0.15, -0.1) is 0 Å². The summed E-state index contributed by atoms with van der Waals surface area (Å²) in [4.78, 5) is 0. The minimum Gasteiger partial charge on any atom is -0.393 e. The minimum absolute atomic E-state index is 0.171. The molecular weight excluding hydrogens is 236 g/mol. The highest BCUT2D eigenvalue weighted by Crippen LogP contribution is 2.19. The molecule has 1 aromatic rings. The van der Waals surface area contributed by atoms with E-state index in [2.05, 4.69) is 0 Å². The Bertz CT molecular complexity index is 350. The van der Waals surface area contributed by atoms with E-state index in [1.54, 1.807) is 7.11 Å². The molecule has 1 unspecified atom stereocenters. The Labute approximate surface area is 109 Å². The normalized spacial score (nSPS) is 13.7. The Kier molecular flexibility index (Phi) is 5.44. The lowest BCUT2D eigenvalue weighted by molar-refractivity contribution is 0.00306.